The lowest BCUT2D eigenvalue weighted by molar-refractivity contribution is -0.181. The molecule has 6 aliphatic rings. The van der Waals surface area contributed by atoms with E-state index in [4.69, 9.17) is 5.11 Å². The number of amides is 2. The number of carboxylic acids is 1. The van der Waals surface area contributed by atoms with Gasteiger partial charge >= 0.3 is 5.97 Å². The lowest BCUT2D eigenvalue weighted by Gasteiger charge is -2.62. The van der Waals surface area contributed by atoms with E-state index in [1.54, 1.807) is 4.90 Å². The molecule has 2 amide bonds. The molecular weight excluding hydrogens is 386 g/mol. The van der Waals surface area contributed by atoms with Crippen molar-refractivity contribution in [2.24, 2.45) is 23.2 Å². The number of rotatable bonds is 5. The Kier molecular flexibility index (Phi) is 4.27. The third-order valence-corrected chi connectivity index (χ3v) is 8.11. The van der Waals surface area contributed by atoms with Crippen LogP contribution >= 0.6 is 0 Å². The van der Waals surface area contributed by atoms with Crippen molar-refractivity contribution < 1.29 is 24.6 Å². The van der Waals surface area contributed by atoms with Crippen LogP contribution in [0.15, 0.2) is 12.2 Å². The van der Waals surface area contributed by atoms with Crippen LogP contribution in [0.4, 0.5) is 0 Å². The first-order valence-corrected chi connectivity index (χ1v) is 10.9. The minimum Gasteiger partial charge on any atom is -0.478 e. The highest BCUT2D eigenvalue weighted by molar-refractivity contribution is 5.97. The number of nitriles is 1. The minimum atomic E-state index is -1.23. The first kappa shape index (κ1) is 19.6. The van der Waals surface area contributed by atoms with Crippen molar-refractivity contribution in [3.8, 4) is 6.07 Å². The van der Waals surface area contributed by atoms with E-state index in [-0.39, 0.29) is 11.9 Å². The predicted molar refractivity (Wildman–Crippen MR) is 104 cm³/mol. The van der Waals surface area contributed by atoms with E-state index in [1.807, 2.05) is 0 Å². The number of fused-ring (bicyclic) bond motifs is 1. The second-order valence-corrected chi connectivity index (χ2v) is 10.4. The predicted octanol–water partition coefficient (Wildman–Crippen LogP) is 0.956. The Morgan fingerprint density at radius 1 is 1.10 bits per heavy atom. The van der Waals surface area contributed by atoms with Crippen LogP contribution in [0.5, 0.6) is 0 Å². The maximum absolute atomic E-state index is 13.8. The van der Waals surface area contributed by atoms with E-state index < -0.39 is 35.0 Å². The molecule has 0 aromatic rings. The quantitative estimate of drug-likeness (QED) is 0.576. The van der Waals surface area contributed by atoms with E-state index in [2.05, 4.69) is 11.4 Å². The SMILES string of the molecule is N#C[C@@H]1C[C@@H]2C[C@@H]2N1C(=O)[C@H](NC(=O)/C=C/C(=O)O)C12C[C@@H]3C[C@@H](CC(O)(C3)C1)C2. The fraction of sp³-hybridized carbons (Fsp3) is 0.727. The van der Waals surface area contributed by atoms with Gasteiger partial charge in [0.1, 0.15) is 12.1 Å². The van der Waals surface area contributed by atoms with Crippen LogP contribution in [-0.4, -0.2) is 56.6 Å². The molecule has 8 heteroatoms. The molecule has 0 spiro atoms. The molecule has 6 rings (SSSR count). The van der Waals surface area contributed by atoms with Gasteiger partial charge in [-0.15, -0.1) is 0 Å². The molecule has 0 radical (unpaired) electrons. The molecule has 0 aromatic carbocycles. The zero-order valence-electron chi connectivity index (χ0n) is 16.8. The minimum absolute atomic E-state index is 0.0631. The summed E-state index contributed by atoms with van der Waals surface area (Å²) in [6, 6.07) is 0.969. The smallest absolute Gasteiger partial charge is 0.328 e. The summed E-state index contributed by atoms with van der Waals surface area (Å²) in [4.78, 5) is 38.8. The van der Waals surface area contributed by atoms with Crippen LogP contribution in [0, 0.1) is 34.5 Å². The van der Waals surface area contributed by atoms with Gasteiger partial charge in [0, 0.05) is 23.6 Å². The first-order chi connectivity index (χ1) is 14.2. The van der Waals surface area contributed by atoms with E-state index in [9.17, 15) is 24.8 Å². The second-order valence-electron chi connectivity index (χ2n) is 10.4. The summed E-state index contributed by atoms with van der Waals surface area (Å²) in [6.45, 7) is 0. The number of carboxylic acid groups (broad SMARTS) is 1. The molecule has 5 saturated carbocycles. The highest BCUT2D eigenvalue weighted by Crippen LogP contribution is 2.63. The van der Waals surface area contributed by atoms with E-state index in [0.717, 1.165) is 50.7 Å². The molecule has 1 heterocycles. The summed E-state index contributed by atoms with van der Waals surface area (Å²) in [5.41, 5.74) is -1.35. The van der Waals surface area contributed by atoms with Crippen LogP contribution in [0.1, 0.15) is 51.4 Å². The third-order valence-electron chi connectivity index (χ3n) is 8.11. The fourth-order valence-electron chi connectivity index (χ4n) is 7.47. The van der Waals surface area contributed by atoms with Gasteiger partial charge < -0.3 is 20.4 Å². The van der Waals surface area contributed by atoms with E-state index in [1.165, 1.54) is 0 Å². The van der Waals surface area contributed by atoms with Crippen molar-refractivity contribution in [3.63, 3.8) is 0 Å². The molecule has 8 nitrogen and oxygen atoms in total. The lowest BCUT2D eigenvalue weighted by atomic mass is 9.46. The summed E-state index contributed by atoms with van der Waals surface area (Å²) in [6.07, 6.45) is 7.80. The zero-order valence-corrected chi connectivity index (χ0v) is 16.8. The first-order valence-electron chi connectivity index (χ1n) is 10.9. The van der Waals surface area contributed by atoms with Gasteiger partial charge in [0.25, 0.3) is 0 Å². The molecule has 1 saturated heterocycles. The summed E-state index contributed by atoms with van der Waals surface area (Å²) < 4.78 is 0. The van der Waals surface area contributed by atoms with Crippen molar-refractivity contribution in [2.75, 3.05) is 0 Å². The molecule has 3 N–H and O–H groups in total. The molecule has 1 aliphatic heterocycles. The summed E-state index contributed by atoms with van der Waals surface area (Å²) >= 11 is 0. The van der Waals surface area contributed by atoms with Gasteiger partial charge in [-0.1, -0.05) is 0 Å². The maximum Gasteiger partial charge on any atom is 0.328 e. The third kappa shape index (κ3) is 3.11. The fourth-order valence-corrected chi connectivity index (χ4v) is 7.47. The number of aliphatic carboxylic acids is 1. The van der Waals surface area contributed by atoms with Crippen LogP contribution in [0.3, 0.4) is 0 Å². The van der Waals surface area contributed by atoms with Crippen molar-refractivity contribution in [3.05, 3.63) is 12.2 Å². The average molecular weight is 413 g/mol. The monoisotopic (exact) mass is 413 g/mol. The standard InChI is InChI=1S/C22H27N3O5/c23-10-15-4-14-5-16(14)25(15)20(29)19(24-17(26)1-2-18(27)28)21-6-12-3-13(7-21)9-22(30,8-12)11-21/h1-2,12-16,19,30H,3-9,11H2,(H,24,26)(H,27,28)/b2-1+/t12-,13+,14-,15+,16+,19+,21?,22?/m1/s1. The van der Waals surface area contributed by atoms with Gasteiger partial charge in [0.05, 0.1) is 11.7 Å². The molecular formula is C22H27N3O5. The zero-order chi connectivity index (χ0) is 21.3. The normalized spacial score (nSPS) is 43.9. The van der Waals surface area contributed by atoms with Crippen molar-refractivity contribution in [2.45, 2.75) is 75.1 Å². The molecule has 30 heavy (non-hydrogen) atoms. The summed E-state index contributed by atoms with van der Waals surface area (Å²) in [7, 11) is 0. The molecule has 160 valence electrons. The van der Waals surface area contributed by atoms with Gasteiger partial charge in [-0.3, -0.25) is 9.59 Å². The Morgan fingerprint density at radius 3 is 2.40 bits per heavy atom. The molecule has 5 aliphatic carbocycles. The van der Waals surface area contributed by atoms with Crippen LogP contribution < -0.4 is 5.32 Å². The summed E-state index contributed by atoms with van der Waals surface area (Å²) in [5.74, 6) is -1.08. The topological polar surface area (TPSA) is 131 Å². The van der Waals surface area contributed by atoms with Gasteiger partial charge in [-0.25, -0.2) is 4.79 Å². The van der Waals surface area contributed by atoms with Crippen molar-refractivity contribution in [1.82, 2.24) is 10.2 Å². The molecule has 0 aromatic heterocycles. The number of hydrogen-bond acceptors (Lipinski definition) is 5. The van der Waals surface area contributed by atoms with Crippen LogP contribution in [-0.2, 0) is 14.4 Å². The van der Waals surface area contributed by atoms with Gasteiger partial charge in [-0.2, -0.15) is 5.26 Å². The van der Waals surface area contributed by atoms with Gasteiger partial charge in [0.15, 0.2) is 0 Å². The molecule has 8 atom stereocenters. The molecule has 4 bridgehead atoms. The van der Waals surface area contributed by atoms with Crippen LogP contribution in [0.25, 0.3) is 0 Å². The Bertz CT molecular complexity index is 862. The second kappa shape index (κ2) is 6.55. The Labute approximate surface area is 174 Å². The Hall–Kier alpha value is -2.40. The number of nitrogens with zero attached hydrogens (tertiary/aromatic N) is 2. The Balaban J connectivity index is 1.47. The highest BCUT2D eigenvalue weighted by atomic mass is 16.4. The van der Waals surface area contributed by atoms with Crippen molar-refractivity contribution in [1.29, 1.82) is 5.26 Å². The molecule has 2 unspecified atom stereocenters. The number of nitrogens with one attached hydrogen (secondary N) is 1. The maximum atomic E-state index is 13.8. The van der Waals surface area contributed by atoms with Crippen molar-refractivity contribution >= 4 is 17.8 Å². The van der Waals surface area contributed by atoms with E-state index in [0.29, 0.717) is 30.6 Å². The number of carbonyl (C=O) groups excluding carboxylic acids is 2. The largest absolute Gasteiger partial charge is 0.478 e. The number of aliphatic hydroxyl groups is 1. The van der Waals surface area contributed by atoms with Gasteiger partial charge in [-0.05, 0) is 69.1 Å². The molecule has 6 fully saturated rings. The Morgan fingerprint density at radius 2 is 1.80 bits per heavy atom. The number of hydrogen-bond donors (Lipinski definition) is 3. The lowest BCUT2D eigenvalue weighted by Crippen LogP contribution is -2.66. The number of piperidine rings is 1. The summed E-state index contributed by atoms with van der Waals surface area (Å²) in [5, 5.41) is 32.4. The van der Waals surface area contributed by atoms with E-state index >= 15 is 0 Å². The van der Waals surface area contributed by atoms with Crippen LogP contribution in [0.2, 0.25) is 0 Å². The number of likely N-dealkylation sites (tertiary alicyclic amines) is 1. The number of carbonyl (C=O) groups is 3. The average Bonchev–Trinajstić information content (AvgIpc) is 3.31. The van der Waals surface area contributed by atoms with Gasteiger partial charge in [0.2, 0.25) is 11.8 Å². The highest BCUT2D eigenvalue weighted by Gasteiger charge is 2.63.